The average Bonchev–Trinajstić information content (AvgIpc) is 3.14. The fourth-order valence-electron chi connectivity index (χ4n) is 3.07. The molecule has 0 aliphatic carbocycles. The van der Waals surface area contributed by atoms with Crippen molar-refractivity contribution in [3.8, 4) is 17.1 Å². The van der Waals surface area contributed by atoms with Gasteiger partial charge in [-0.2, -0.15) is 0 Å². The molecule has 4 aromatic rings. The lowest BCUT2D eigenvalue weighted by Crippen LogP contribution is -2.30. The van der Waals surface area contributed by atoms with E-state index in [-0.39, 0.29) is 5.91 Å². The van der Waals surface area contributed by atoms with Gasteiger partial charge in [-0.25, -0.2) is 4.98 Å². The highest BCUT2D eigenvalue weighted by molar-refractivity contribution is 6.30. The number of anilines is 1. The number of fused-ring (bicyclic) bond motifs is 1. The largest absolute Gasteiger partial charge is 0.481 e. The Hall–Kier alpha value is -3.31. The van der Waals surface area contributed by atoms with Crippen molar-refractivity contribution in [2.75, 3.05) is 5.32 Å². The standard InChI is InChI=1S/C23H20ClN3O2/c1-14-12-17(24)10-11-21(14)29-15(2)23(28)25-18-7-5-6-16(13-18)22-26-19-8-3-4-9-20(19)27-22/h3-13,15H,1-2H3,(H,25,28)(H,26,27). The number of carbonyl (C=O) groups is 1. The lowest BCUT2D eigenvalue weighted by Gasteiger charge is -2.16. The van der Waals surface area contributed by atoms with Gasteiger partial charge >= 0.3 is 0 Å². The molecule has 0 saturated heterocycles. The van der Waals surface area contributed by atoms with Crippen LogP contribution < -0.4 is 10.1 Å². The summed E-state index contributed by atoms with van der Waals surface area (Å²) in [5, 5.41) is 3.54. The monoisotopic (exact) mass is 405 g/mol. The number of benzene rings is 3. The molecule has 0 aliphatic rings. The molecule has 1 atom stereocenters. The maximum atomic E-state index is 12.6. The summed E-state index contributed by atoms with van der Waals surface area (Å²) < 4.78 is 5.80. The zero-order chi connectivity index (χ0) is 20.4. The predicted molar refractivity (Wildman–Crippen MR) is 116 cm³/mol. The molecule has 2 N–H and O–H groups in total. The number of amides is 1. The number of carbonyl (C=O) groups excluding carboxylic acids is 1. The number of hydrogen-bond acceptors (Lipinski definition) is 3. The maximum absolute atomic E-state index is 12.6. The summed E-state index contributed by atoms with van der Waals surface area (Å²) in [6.07, 6.45) is -0.662. The first kappa shape index (κ1) is 19.0. The van der Waals surface area contributed by atoms with Crippen molar-refractivity contribution in [2.45, 2.75) is 20.0 Å². The smallest absolute Gasteiger partial charge is 0.265 e. The second-order valence-electron chi connectivity index (χ2n) is 6.84. The number of nitrogens with zero attached hydrogens (tertiary/aromatic N) is 1. The Balaban J connectivity index is 1.49. The lowest BCUT2D eigenvalue weighted by atomic mass is 10.2. The van der Waals surface area contributed by atoms with E-state index in [1.807, 2.05) is 55.5 Å². The van der Waals surface area contributed by atoms with Gasteiger partial charge in [0.2, 0.25) is 0 Å². The molecular formula is C23H20ClN3O2. The first-order valence-electron chi connectivity index (χ1n) is 9.28. The van der Waals surface area contributed by atoms with E-state index in [2.05, 4.69) is 15.3 Å². The fourth-order valence-corrected chi connectivity index (χ4v) is 3.29. The van der Waals surface area contributed by atoms with Crippen LogP contribution in [0.1, 0.15) is 12.5 Å². The maximum Gasteiger partial charge on any atom is 0.265 e. The number of imidazole rings is 1. The minimum Gasteiger partial charge on any atom is -0.481 e. The molecule has 0 bridgehead atoms. The normalized spacial score (nSPS) is 12.0. The van der Waals surface area contributed by atoms with Crippen LogP contribution in [-0.2, 0) is 4.79 Å². The number of halogens is 1. The highest BCUT2D eigenvalue weighted by atomic mass is 35.5. The van der Waals surface area contributed by atoms with Crippen LogP contribution in [0.3, 0.4) is 0 Å². The molecule has 146 valence electrons. The van der Waals surface area contributed by atoms with Gasteiger partial charge in [-0.05, 0) is 61.9 Å². The number of rotatable bonds is 5. The summed E-state index contributed by atoms with van der Waals surface area (Å²) in [7, 11) is 0. The van der Waals surface area contributed by atoms with Crippen LogP contribution >= 0.6 is 11.6 Å². The van der Waals surface area contributed by atoms with Gasteiger partial charge in [-0.1, -0.05) is 35.9 Å². The van der Waals surface area contributed by atoms with Crippen molar-refractivity contribution >= 4 is 34.2 Å². The number of aryl methyl sites for hydroxylation is 1. The lowest BCUT2D eigenvalue weighted by molar-refractivity contribution is -0.122. The van der Waals surface area contributed by atoms with Crippen LogP contribution in [0.25, 0.3) is 22.4 Å². The summed E-state index contributed by atoms with van der Waals surface area (Å²) in [4.78, 5) is 20.5. The van der Waals surface area contributed by atoms with Crippen LogP contribution in [0.15, 0.2) is 66.7 Å². The van der Waals surface area contributed by atoms with E-state index in [0.717, 1.165) is 28.0 Å². The summed E-state index contributed by atoms with van der Waals surface area (Å²) in [5.74, 6) is 1.15. The Bertz CT molecular complexity index is 1150. The molecule has 4 rings (SSSR count). The van der Waals surface area contributed by atoms with Gasteiger partial charge in [0.05, 0.1) is 11.0 Å². The van der Waals surface area contributed by atoms with Gasteiger partial charge < -0.3 is 15.0 Å². The molecule has 0 aliphatic heterocycles. The number of H-pyrrole nitrogens is 1. The predicted octanol–water partition coefficient (Wildman–Crippen LogP) is 5.60. The molecular weight excluding hydrogens is 386 g/mol. The second kappa shape index (κ2) is 7.97. The molecule has 6 heteroatoms. The van der Waals surface area contributed by atoms with Crippen molar-refractivity contribution < 1.29 is 9.53 Å². The van der Waals surface area contributed by atoms with Crippen molar-refractivity contribution in [1.82, 2.24) is 9.97 Å². The third-order valence-electron chi connectivity index (χ3n) is 4.60. The van der Waals surface area contributed by atoms with Gasteiger partial charge in [0, 0.05) is 16.3 Å². The zero-order valence-corrected chi connectivity index (χ0v) is 16.8. The molecule has 29 heavy (non-hydrogen) atoms. The molecule has 1 heterocycles. The molecule has 0 spiro atoms. The molecule has 1 aromatic heterocycles. The first-order chi connectivity index (χ1) is 14.0. The first-order valence-corrected chi connectivity index (χ1v) is 9.66. The van der Waals surface area contributed by atoms with E-state index in [0.29, 0.717) is 16.5 Å². The molecule has 0 radical (unpaired) electrons. The number of aromatic nitrogens is 2. The van der Waals surface area contributed by atoms with Crippen LogP contribution in [0.2, 0.25) is 5.02 Å². The number of ether oxygens (including phenoxy) is 1. The molecule has 0 fully saturated rings. The van der Waals surface area contributed by atoms with Gasteiger partial charge in [0.25, 0.3) is 5.91 Å². The SMILES string of the molecule is Cc1cc(Cl)ccc1OC(C)C(=O)Nc1cccc(-c2nc3ccccc3[nH]2)c1. The number of aromatic amines is 1. The van der Waals surface area contributed by atoms with Gasteiger partial charge in [0.1, 0.15) is 11.6 Å². The van der Waals surface area contributed by atoms with Crippen molar-refractivity contribution in [2.24, 2.45) is 0 Å². The average molecular weight is 406 g/mol. The number of hydrogen-bond donors (Lipinski definition) is 2. The Morgan fingerprint density at radius 1 is 1.10 bits per heavy atom. The van der Waals surface area contributed by atoms with Crippen molar-refractivity contribution in [3.63, 3.8) is 0 Å². The Kier molecular flexibility index (Phi) is 5.23. The van der Waals surface area contributed by atoms with E-state index >= 15 is 0 Å². The highest BCUT2D eigenvalue weighted by Crippen LogP contribution is 2.25. The minimum atomic E-state index is -0.662. The third-order valence-corrected chi connectivity index (χ3v) is 4.84. The Morgan fingerprint density at radius 3 is 2.72 bits per heavy atom. The van der Waals surface area contributed by atoms with Gasteiger partial charge in [0.15, 0.2) is 6.10 Å². The summed E-state index contributed by atoms with van der Waals surface area (Å²) in [5.41, 5.74) is 4.32. The number of para-hydroxylation sites is 2. The zero-order valence-electron chi connectivity index (χ0n) is 16.1. The third kappa shape index (κ3) is 4.25. The Labute approximate surface area is 173 Å². The van der Waals surface area contributed by atoms with Gasteiger partial charge in [-0.3, -0.25) is 4.79 Å². The molecule has 1 unspecified atom stereocenters. The van der Waals surface area contributed by atoms with Crippen LogP contribution in [0, 0.1) is 6.92 Å². The van der Waals surface area contributed by atoms with Crippen molar-refractivity contribution in [1.29, 1.82) is 0 Å². The van der Waals surface area contributed by atoms with Crippen LogP contribution in [0.4, 0.5) is 5.69 Å². The van der Waals surface area contributed by atoms with E-state index in [1.54, 1.807) is 25.1 Å². The van der Waals surface area contributed by atoms with Gasteiger partial charge in [-0.15, -0.1) is 0 Å². The highest BCUT2D eigenvalue weighted by Gasteiger charge is 2.16. The van der Waals surface area contributed by atoms with Crippen LogP contribution in [0.5, 0.6) is 5.75 Å². The minimum absolute atomic E-state index is 0.235. The molecule has 5 nitrogen and oxygen atoms in total. The topological polar surface area (TPSA) is 67.0 Å². The van der Waals surface area contributed by atoms with E-state index < -0.39 is 6.10 Å². The second-order valence-corrected chi connectivity index (χ2v) is 7.28. The molecule has 1 amide bonds. The fraction of sp³-hybridized carbons (Fsp3) is 0.130. The van der Waals surface area contributed by atoms with Crippen molar-refractivity contribution in [3.05, 3.63) is 77.3 Å². The van der Waals surface area contributed by atoms with E-state index in [1.165, 1.54) is 0 Å². The molecule has 0 saturated carbocycles. The summed E-state index contributed by atoms with van der Waals surface area (Å²) in [6.45, 7) is 3.61. The summed E-state index contributed by atoms with van der Waals surface area (Å²) in [6, 6.07) is 20.7. The quantitative estimate of drug-likeness (QED) is 0.454. The molecule has 3 aromatic carbocycles. The van der Waals surface area contributed by atoms with E-state index in [4.69, 9.17) is 16.3 Å². The van der Waals surface area contributed by atoms with E-state index in [9.17, 15) is 4.79 Å². The Morgan fingerprint density at radius 2 is 1.93 bits per heavy atom. The number of nitrogens with one attached hydrogen (secondary N) is 2. The summed E-state index contributed by atoms with van der Waals surface area (Å²) >= 11 is 5.97. The van der Waals surface area contributed by atoms with Crippen LogP contribution in [-0.4, -0.2) is 22.0 Å².